The summed E-state index contributed by atoms with van der Waals surface area (Å²) in [7, 11) is 2.03. The maximum atomic E-state index is 12.3. The van der Waals surface area contributed by atoms with Crippen LogP contribution in [0.2, 0.25) is 0 Å². The lowest BCUT2D eigenvalue weighted by atomic mass is 9.83. The van der Waals surface area contributed by atoms with E-state index in [1.54, 1.807) is 18.2 Å². The number of ether oxygens (including phenoxy) is 1. The van der Waals surface area contributed by atoms with Gasteiger partial charge in [0.1, 0.15) is 5.76 Å². The molecule has 0 aromatic heterocycles. The minimum atomic E-state index is -0.588. The summed E-state index contributed by atoms with van der Waals surface area (Å²) in [6.07, 6.45) is 9.41. The van der Waals surface area contributed by atoms with Gasteiger partial charge >= 0.3 is 5.97 Å². The van der Waals surface area contributed by atoms with Crippen molar-refractivity contribution in [2.45, 2.75) is 19.3 Å². The maximum Gasteiger partial charge on any atom is 0.335 e. The van der Waals surface area contributed by atoms with E-state index < -0.39 is 5.97 Å². The van der Waals surface area contributed by atoms with Gasteiger partial charge in [0, 0.05) is 41.6 Å². The second kappa shape index (κ2) is 6.64. The van der Waals surface area contributed by atoms with E-state index in [1.807, 2.05) is 25.3 Å². The highest BCUT2D eigenvalue weighted by Gasteiger charge is 2.37. The molecule has 4 nitrogen and oxygen atoms in total. The van der Waals surface area contributed by atoms with Gasteiger partial charge in [0.15, 0.2) is 5.78 Å². The first-order chi connectivity index (χ1) is 12.3. The van der Waals surface area contributed by atoms with Crippen LogP contribution in [0.25, 0.3) is 0 Å². The molecule has 0 amide bonds. The zero-order valence-corrected chi connectivity index (χ0v) is 15.2. The standard InChI is InChI=1S/C22H21NO3/c1-5-21(25)26-16-12-10-15(19(24)14-16)11-13-20-22(2,3)17-8-6-7-9-18(17)23(20)4/h5-14H,1H2,2-4H3/b15-11-,20-13-. The summed E-state index contributed by atoms with van der Waals surface area (Å²) in [5, 5.41) is 0. The van der Waals surface area contributed by atoms with Crippen LogP contribution in [-0.4, -0.2) is 18.8 Å². The van der Waals surface area contributed by atoms with Gasteiger partial charge in [0.25, 0.3) is 0 Å². The van der Waals surface area contributed by atoms with Gasteiger partial charge in [-0.3, -0.25) is 4.79 Å². The van der Waals surface area contributed by atoms with Crippen LogP contribution in [0, 0.1) is 0 Å². The van der Waals surface area contributed by atoms with Crippen molar-refractivity contribution in [3.05, 3.63) is 89.9 Å². The molecule has 1 aromatic carbocycles. The smallest absolute Gasteiger partial charge is 0.335 e. The van der Waals surface area contributed by atoms with Crippen LogP contribution in [0.3, 0.4) is 0 Å². The van der Waals surface area contributed by atoms with Crippen molar-refractivity contribution in [1.82, 2.24) is 0 Å². The zero-order chi connectivity index (χ0) is 18.9. The molecule has 0 saturated heterocycles. The predicted molar refractivity (Wildman–Crippen MR) is 103 cm³/mol. The first-order valence-corrected chi connectivity index (χ1v) is 8.38. The van der Waals surface area contributed by atoms with Gasteiger partial charge in [-0.1, -0.05) is 38.6 Å². The van der Waals surface area contributed by atoms with E-state index in [1.165, 1.54) is 17.3 Å². The van der Waals surface area contributed by atoms with Gasteiger partial charge in [0.05, 0.1) is 0 Å². The number of likely N-dealkylation sites (N-methyl/N-ethyl adjacent to an activating group) is 1. The number of rotatable bonds is 3. The predicted octanol–water partition coefficient (Wildman–Crippen LogP) is 3.98. The molecule has 26 heavy (non-hydrogen) atoms. The number of benzene rings is 1. The van der Waals surface area contributed by atoms with Crippen LogP contribution >= 0.6 is 0 Å². The normalized spacial score (nSPS) is 21.0. The Bertz CT molecular complexity index is 913. The van der Waals surface area contributed by atoms with Crippen LogP contribution in [0.1, 0.15) is 19.4 Å². The molecule has 1 aliphatic carbocycles. The summed E-state index contributed by atoms with van der Waals surface area (Å²) in [4.78, 5) is 25.7. The molecule has 1 aliphatic heterocycles. The van der Waals surface area contributed by atoms with Gasteiger partial charge < -0.3 is 9.64 Å². The van der Waals surface area contributed by atoms with Crippen molar-refractivity contribution in [2.24, 2.45) is 0 Å². The Balaban J connectivity index is 1.87. The topological polar surface area (TPSA) is 46.6 Å². The molecular weight excluding hydrogens is 326 g/mol. The van der Waals surface area contributed by atoms with Crippen molar-refractivity contribution < 1.29 is 14.3 Å². The number of hydrogen-bond donors (Lipinski definition) is 0. The van der Waals surface area contributed by atoms with Crippen molar-refractivity contribution in [3.63, 3.8) is 0 Å². The van der Waals surface area contributed by atoms with Gasteiger partial charge in [-0.05, 0) is 35.9 Å². The largest absolute Gasteiger partial charge is 0.423 e. The molecule has 0 bridgehead atoms. The van der Waals surface area contributed by atoms with Gasteiger partial charge in [0.2, 0.25) is 0 Å². The SMILES string of the molecule is C=CC(=O)OC1=CC(=O)/C(=C\C=C2/N(C)c3ccccc3C2(C)C)C=C1. The second-order valence-electron chi connectivity index (χ2n) is 6.74. The number of carbonyl (C=O) groups is 2. The number of allylic oxidation sites excluding steroid dienone is 7. The molecule has 0 radical (unpaired) electrons. The third-order valence-electron chi connectivity index (χ3n) is 4.73. The molecule has 1 heterocycles. The Kier molecular flexibility index (Phi) is 4.51. The molecule has 1 aromatic rings. The molecule has 0 spiro atoms. The zero-order valence-electron chi connectivity index (χ0n) is 15.2. The van der Waals surface area contributed by atoms with E-state index in [0.717, 1.165) is 11.8 Å². The quantitative estimate of drug-likeness (QED) is 0.613. The van der Waals surface area contributed by atoms with Crippen molar-refractivity contribution in [3.8, 4) is 0 Å². The van der Waals surface area contributed by atoms with Gasteiger partial charge in [-0.2, -0.15) is 0 Å². The summed E-state index contributed by atoms with van der Waals surface area (Å²) in [6.45, 7) is 7.68. The average Bonchev–Trinajstić information content (AvgIpc) is 2.81. The molecule has 0 fully saturated rings. The fourth-order valence-electron chi connectivity index (χ4n) is 3.34. The molecule has 0 saturated carbocycles. The average molecular weight is 347 g/mol. The molecular formula is C22H21NO3. The number of esters is 1. The van der Waals surface area contributed by atoms with Crippen molar-refractivity contribution in [2.75, 3.05) is 11.9 Å². The highest BCUT2D eigenvalue weighted by Crippen LogP contribution is 2.46. The summed E-state index contributed by atoms with van der Waals surface area (Å²) < 4.78 is 4.98. The number of anilines is 1. The van der Waals surface area contributed by atoms with Crippen LogP contribution in [0.5, 0.6) is 0 Å². The number of para-hydroxylation sites is 1. The first kappa shape index (κ1) is 17.7. The second-order valence-corrected chi connectivity index (χ2v) is 6.74. The lowest BCUT2D eigenvalue weighted by molar-refractivity contribution is -0.133. The monoisotopic (exact) mass is 347 g/mol. The number of nitrogens with zero attached hydrogens (tertiary/aromatic N) is 1. The summed E-state index contributed by atoms with van der Waals surface area (Å²) in [6, 6.07) is 8.30. The number of fused-ring (bicyclic) bond motifs is 1. The summed E-state index contributed by atoms with van der Waals surface area (Å²) in [5.74, 6) is -0.571. The molecule has 4 heteroatoms. The maximum absolute atomic E-state index is 12.3. The fourth-order valence-corrected chi connectivity index (χ4v) is 3.34. The highest BCUT2D eigenvalue weighted by molar-refractivity contribution is 6.08. The molecule has 0 atom stereocenters. The van der Waals surface area contributed by atoms with E-state index in [0.29, 0.717) is 5.57 Å². The Morgan fingerprint density at radius 2 is 1.92 bits per heavy atom. The van der Waals surface area contributed by atoms with Crippen molar-refractivity contribution >= 4 is 17.4 Å². The van der Waals surface area contributed by atoms with Crippen LogP contribution in [0.15, 0.2) is 84.3 Å². The Labute approximate surface area is 153 Å². The molecule has 2 aliphatic rings. The fraction of sp³-hybridized carbons (Fsp3) is 0.182. The molecule has 0 unspecified atom stereocenters. The van der Waals surface area contributed by atoms with E-state index in [2.05, 4.69) is 37.5 Å². The minimum Gasteiger partial charge on any atom is -0.423 e. The van der Waals surface area contributed by atoms with E-state index in [4.69, 9.17) is 4.74 Å². The third-order valence-corrected chi connectivity index (χ3v) is 4.73. The van der Waals surface area contributed by atoms with E-state index in [9.17, 15) is 9.59 Å². The van der Waals surface area contributed by atoms with Gasteiger partial charge in [-0.25, -0.2) is 4.79 Å². The van der Waals surface area contributed by atoms with E-state index in [-0.39, 0.29) is 17.0 Å². The summed E-state index contributed by atoms with van der Waals surface area (Å²) in [5.41, 5.74) is 3.93. The Morgan fingerprint density at radius 3 is 2.58 bits per heavy atom. The number of hydrogen-bond acceptors (Lipinski definition) is 4. The number of ketones is 1. The van der Waals surface area contributed by atoms with E-state index >= 15 is 0 Å². The first-order valence-electron chi connectivity index (χ1n) is 8.38. The lowest BCUT2D eigenvalue weighted by Gasteiger charge is -2.23. The van der Waals surface area contributed by atoms with Crippen molar-refractivity contribution in [1.29, 1.82) is 0 Å². The Morgan fingerprint density at radius 1 is 1.19 bits per heavy atom. The Hall–Kier alpha value is -3.14. The summed E-state index contributed by atoms with van der Waals surface area (Å²) >= 11 is 0. The van der Waals surface area contributed by atoms with Crippen LogP contribution < -0.4 is 4.90 Å². The highest BCUT2D eigenvalue weighted by atomic mass is 16.5. The molecule has 132 valence electrons. The molecule has 0 N–H and O–H groups in total. The molecule has 3 rings (SSSR count). The lowest BCUT2D eigenvalue weighted by Crippen LogP contribution is -2.22. The van der Waals surface area contributed by atoms with Crippen LogP contribution in [0.4, 0.5) is 5.69 Å². The van der Waals surface area contributed by atoms with Gasteiger partial charge in [-0.15, -0.1) is 0 Å². The van der Waals surface area contributed by atoms with Crippen LogP contribution in [-0.2, 0) is 19.7 Å². The third kappa shape index (κ3) is 3.06. The number of carbonyl (C=O) groups excluding carboxylic acids is 2. The minimum absolute atomic E-state index is 0.148.